The van der Waals surface area contributed by atoms with E-state index in [1.807, 2.05) is 43.5 Å². The number of hydrogen-bond acceptors (Lipinski definition) is 4. The molecule has 1 aliphatic heterocycles. The summed E-state index contributed by atoms with van der Waals surface area (Å²) in [6.45, 7) is 4.55. The molecule has 2 aliphatic rings. The Balaban J connectivity index is 1.47. The first-order valence-corrected chi connectivity index (χ1v) is 9.59. The molecule has 0 radical (unpaired) electrons. The number of carbonyl (C=O) groups is 1. The molecule has 0 unspecified atom stereocenters. The highest BCUT2D eigenvalue weighted by atomic mass is 16.2. The number of carbonyl (C=O) groups excluding carboxylic acids is 1. The van der Waals surface area contributed by atoms with Crippen LogP contribution in [-0.2, 0) is 0 Å². The molecule has 6 nitrogen and oxygen atoms in total. The van der Waals surface area contributed by atoms with Crippen LogP contribution >= 0.6 is 0 Å². The number of amides is 1. The van der Waals surface area contributed by atoms with Gasteiger partial charge < -0.3 is 14.8 Å². The molecule has 6 heteroatoms. The third-order valence-electron chi connectivity index (χ3n) is 5.95. The number of hydrogen-bond donors (Lipinski definition) is 1. The predicted octanol–water partition coefficient (Wildman–Crippen LogP) is 3.15. The van der Waals surface area contributed by atoms with Gasteiger partial charge in [0, 0.05) is 31.4 Å². The Bertz CT molecular complexity index is 1010. The summed E-state index contributed by atoms with van der Waals surface area (Å²) in [5.74, 6) is 1.14. The second-order valence-electron chi connectivity index (χ2n) is 7.71. The molecule has 3 aromatic rings. The lowest BCUT2D eigenvalue weighted by Gasteiger charge is -2.33. The Morgan fingerprint density at radius 3 is 2.81 bits per heavy atom. The highest BCUT2D eigenvalue weighted by Crippen LogP contribution is 2.45. The number of aryl methyl sites for hydroxylation is 1. The lowest BCUT2D eigenvalue weighted by Crippen LogP contribution is -2.47. The van der Waals surface area contributed by atoms with E-state index in [9.17, 15) is 4.79 Å². The fourth-order valence-corrected chi connectivity index (χ4v) is 4.32. The average molecular weight is 361 g/mol. The van der Waals surface area contributed by atoms with Gasteiger partial charge in [0.25, 0.3) is 5.91 Å². The number of benzene rings is 1. The van der Waals surface area contributed by atoms with E-state index in [4.69, 9.17) is 0 Å². The topological polar surface area (TPSA) is 65.1 Å². The number of rotatable bonds is 2. The number of fused-ring (bicyclic) bond motifs is 1. The lowest BCUT2D eigenvalue weighted by molar-refractivity contribution is 0.0669. The van der Waals surface area contributed by atoms with Crippen molar-refractivity contribution in [3.05, 3.63) is 54.0 Å². The minimum atomic E-state index is -0.0660. The van der Waals surface area contributed by atoms with Crippen molar-refractivity contribution < 1.29 is 4.79 Å². The van der Waals surface area contributed by atoms with E-state index in [-0.39, 0.29) is 11.4 Å². The quantitative estimate of drug-likeness (QED) is 0.761. The second kappa shape index (κ2) is 6.08. The van der Waals surface area contributed by atoms with Crippen LogP contribution in [0.15, 0.2) is 42.9 Å². The summed E-state index contributed by atoms with van der Waals surface area (Å²) in [6, 6.07) is 9.93. The molecule has 2 fully saturated rings. The fourth-order valence-electron chi connectivity index (χ4n) is 4.32. The molecule has 1 spiro atoms. The van der Waals surface area contributed by atoms with Crippen LogP contribution in [-0.4, -0.2) is 50.9 Å². The van der Waals surface area contributed by atoms with Gasteiger partial charge in [-0.25, -0.2) is 9.97 Å². The van der Waals surface area contributed by atoms with E-state index >= 15 is 0 Å². The Morgan fingerprint density at radius 2 is 2.00 bits per heavy atom. The van der Waals surface area contributed by atoms with Crippen molar-refractivity contribution in [2.75, 3.05) is 24.5 Å². The van der Waals surface area contributed by atoms with Gasteiger partial charge in [0.2, 0.25) is 0 Å². The van der Waals surface area contributed by atoms with E-state index < -0.39 is 0 Å². The summed E-state index contributed by atoms with van der Waals surface area (Å²) in [6.07, 6.45) is 6.58. The van der Waals surface area contributed by atoms with Crippen LogP contribution in [0.4, 0.5) is 5.82 Å². The summed E-state index contributed by atoms with van der Waals surface area (Å²) in [5.41, 5.74) is 2.67. The minimum Gasteiger partial charge on any atom is -0.354 e. The van der Waals surface area contributed by atoms with Gasteiger partial charge in [-0.1, -0.05) is 18.2 Å². The van der Waals surface area contributed by atoms with E-state index in [1.54, 1.807) is 6.33 Å². The summed E-state index contributed by atoms with van der Waals surface area (Å²) >= 11 is 0. The highest BCUT2D eigenvalue weighted by Gasteiger charge is 2.52. The van der Waals surface area contributed by atoms with Crippen molar-refractivity contribution >= 4 is 22.8 Å². The van der Waals surface area contributed by atoms with Crippen LogP contribution in [0.1, 0.15) is 35.2 Å². The molecule has 2 aromatic heterocycles. The first kappa shape index (κ1) is 16.3. The van der Waals surface area contributed by atoms with Crippen molar-refractivity contribution in [2.45, 2.75) is 31.7 Å². The maximum Gasteiger partial charge on any atom is 0.254 e. The van der Waals surface area contributed by atoms with E-state index in [1.165, 1.54) is 0 Å². The first-order valence-electron chi connectivity index (χ1n) is 9.59. The van der Waals surface area contributed by atoms with Crippen LogP contribution < -0.4 is 4.90 Å². The molecule has 0 bridgehead atoms. The molecule has 1 saturated heterocycles. The molecule has 138 valence electrons. The molecule has 1 N–H and O–H groups in total. The maximum atomic E-state index is 13.3. The van der Waals surface area contributed by atoms with Gasteiger partial charge in [-0.3, -0.25) is 4.79 Å². The van der Waals surface area contributed by atoms with Crippen molar-refractivity contribution in [1.29, 1.82) is 0 Å². The van der Waals surface area contributed by atoms with Crippen LogP contribution in [0, 0.1) is 6.92 Å². The van der Waals surface area contributed by atoms with Crippen LogP contribution in [0.25, 0.3) is 11.0 Å². The SMILES string of the molecule is Cc1ccccc1C(=O)N1CCCN(c2ncnc3[nH]ccc23)CC12CC2. The van der Waals surface area contributed by atoms with Crippen LogP contribution in [0.5, 0.6) is 0 Å². The highest BCUT2D eigenvalue weighted by molar-refractivity contribution is 5.96. The molecular formula is C21H23N5O. The van der Waals surface area contributed by atoms with Gasteiger partial charge in [-0.15, -0.1) is 0 Å². The number of aromatic nitrogens is 3. The number of anilines is 1. The van der Waals surface area contributed by atoms with Gasteiger partial charge >= 0.3 is 0 Å². The zero-order valence-corrected chi connectivity index (χ0v) is 15.5. The lowest BCUT2D eigenvalue weighted by atomic mass is 10.1. The molecule has 5 rings (SSSR count). The summed E-state index contributed by atoms with van der Waals surface area (Å²) < 4.78 is 0. The Morgan fingerprint density at radius 1 is 1.15 bits per heavy atom. The molecule has 1 amide bonds. The number of nitrogens with one attached hydrogen (secondary N) is 1. The van der Waals surface area contributed by atoms with Gasteiger partial charge in [0.1, 0.15) is 17.8 Å². The average Bonchev–Trinajstić information content (AvgIpc) is 3.34. The fraction of sp³-hybridized carbons (Fsp3) is 0.381. The smallest absolute Gasteiger partial charge is 0.254 e. The second-order valence-corrected chi connectivity index (χ2v) is 7.71. The van der Waals surface area contributed by atoms with Gasteiger partial charge in [-0.05, 0) is 43.9 Å². The summed E-state index contributed by atoms with van der Waals surface area (Å²) in [5, 5.41) is 1.05. The van der Waals surface area contributed by atoms with Gasteiger partial charge in [0.05, 0.1) is 10.9 Å². The predicted molar refractivity (Wildman–Crippen MR) is 105 cm³/mol. The number of H-pyrrole nitrogens is 1. The van der Waals surface area contributed by atoms with Crippen molar-refractivity contribution in [2.24, 2.45) is 0 Å². The standard InChI is InChI=1S/C21H23N5O/c1-15-5-2-3-6-16(15)20(27)26-12-4-11-25(13-21(26)8-9-21)19-17-7-10-22-18(17)23-14-24-19/h2-3,5-7,10,14H,4,8-9,11-13H2,1H3,(H,22,23,24). The third-order valence-corrected chi connectivity index (χ3v) is 5.95. The van der Waals surface area contributed by atoms with E-state index in [0.29, 0.717) is 0 Å². The molecule has 27 heavy (non-hydrogen) atoms. The monoisotopic (exact) mass is 361 g/mol. The number of nitrogens with zero attached hydrogens (tertiary/aromatic N) is 4. The van der Waals surface area contributed by atoms with Crippen LogP contribution in [0.2, 0.25) is 0 Å². The molecule has 3 heterocycles. The molecule has 0 atom stereocenters. The Hall–Kier alpha value is -2.89. The molecular weight excluding hydrogens is 338 g/mol. The third kappa shape index (κ3) is 2.67. The number of aromatic amines is 1. The molecule has 1 saturated carbocycles. The summed E-state index contributed by atoms with van der Waals surface area (Å²) in [4.78, 5) is 29.8. The summed E-state index contributed by atoms with van der Waals surface area (Å²) in [7, 11) is 0. The van der Waals surface area contributed by atoms with Gasteiger partial charge in [0.15, 0.2) is 0 Å². The van der Waals surface area contributed by atoms with E-state index in [0.717, 1.165) is 66.9 Å². The Kier molecular flexibility index (Phi) is 3.67. The van der Waals surface area contributed by atoms with Crippen molar-refractivity contribution in [1.82, 2.24) is 19.9 Å². The molecule has 1 aromatic carbocycles. The Labute approximate surface area is 158 Å². The largest absolute Gasteiger partial charge is 0.354 e. The van der Waals surface area contributed by atoms with Crippen LogP contribution in [0.3, 0.4) is 0 Å². The molecule has 1 aliphatic carbocycles. The van der Waals surface area contributed by atoms with Gasteiger partial charge in [-0.2, -0.15) is 0 Å². The maximum absolute atomic E-state index is 13.3. The van der Waals surface area contributed by atoms with Crippen molar-refractivity contribution in [3.8, 4) is 0 Å². The first-order chi connectivity index (χ1) is 13.2. The minimum absolute atomic E-state index is 0.0660. The zero-order chi connectivity index (χ0) is 18.4. The van der Waals surface area contributed by atoms with E-state index in [2.05, 4.69) is 24.8 Å². The normalized spacial score (nSPS) is 18.7. The zero-order valence-electron chi connectivity index (χ0n) is 15.5. The van der Waals surface area contributed by atoms with Crippen molar-refractivity contribution in [3.63, 3.8) is 0 Å².